The zero-order valence-electron chi connectivity index (χ0n) is 7.03. The highest BCUT2D eigenvalue weighted by molar-refractivity contribution is 5.85. The van der Waals surface area contributed by atoms with E-state index in [-0.39, 0.29) is 5.69 Å². The van der Waals surface area contributed by atoms with Gasteiger partial charge in [-0.3, -0.25) is 4.98 Å². The minimum Gasteiger partial charge on any atom is -0.476 e. The molecule has 70 valence electrons. The lowest BCUT2D eigenvalue weighted by atomic mass is 10.4. The van der Waals surface area contributed by atoms with Gasteiger partial charge in [-0.1, -0.05) is 0 Å². The fraction of sp³-hybridized carbons (Fsp3) is 0. The van der Waals surface area contributed by atoms with Gasteiger partial charge in [0.15, 0.2) is 11.5 Å². The zero-order valence-corrected chi connectivity index (χ0v) is 7.03. The van der Waals surface area contributed by atoms with Gasteiger partial charge < -0.3 is 5.11 Å². The summed E-state index contributed by atoms with van der Waals surface area (Å²) >= 11 is 0. The molecular weight excluding hydrogens is 184 g/mol. The number of aromatic nitrogens is 4. The Morgan fingerprint density at radius 1 is 1.43 bits per heavy atom. The molecule has 6 nitrogen and oxygen atoms in total. The predicted octanol–water partition coefficient (Wildman–Crippen LogP) is 0.360. The Bertz CT molecular complexity index is 452. The van der Waals surface area contributed by atoms with E-state index in [1.54, 1.807) is 18.5 Å². The van der Waals surface area contributed by atoms with Crippen LogP contribution in [0.1, 0.15) is 10.5 Å². The lowest BCUT2D eigenvalue weighted by molar-refractivity contribution is 0.0690. The Kier molecular flexibility index (Phi) is 1.94. The summed E-state index contributed by atoms with van der Waals surface area (Å²) in [5.41, 5.74) is -0.0991. The van der Waals surface area contributed by atoms with Crippen molar-refractivity contribution in [3.8, 4) is 5.82 Å². The molecule has 1 N–H and O–H groups in total. The summed E-state index contributed by atoms with van der Waals surface area (Å²) < 4.78 is 1.44. The maximum Gasteiger partial charge on any atom is 0.356 e. The summed E-state index contributed by atoms with van der Waals surface area (Å²) in [5.74, 6) is -0.721. The summed E-state index contributed by atoms with van der Waals surface area (Å²) in [4.78, 5) is 18.2. The Labute approximate surface area is 78.9 Å². The minimum atomic E-state index is -1.11. The smallest absolute Gasteiger partial charge is 0.356 e. The molecule has 2 rings (SSSR count). The summed E-state index contributed by atoms with van der Waals surface area (Å²) in [7, 11) is 0. The molecule has 0 radical (unpaired) electrons. The Morgan fingerprint density at radius 2 is 2.29 bits per heavy atom. The molecule has 0 aliphatic heterocycles. The molecule has 0 fully saturated rings. The summed E-state index contributed by atoms with van der Waals surface area (Å²) in [5, 5.41) is 12.6. The van der Waals surface area contributed by atoms with Crippen LogP contribution in [-0.2, 0) is 0 Å². The summed E-state index contributed by atoms with van der Waals surface area (Å²) in [6, 6.07) is 1.72. The standard InChI is InChI=1S/C8H6N4O2/c13-8(14)6-4-9-5-7(11-6)12-3-1-2-10-12/h1-5H,(H,13,14). The van der Waals surface area contributed by atoms with E-state index < -0.39 is 5.97 Å². The third-order valence-electron chi connectivity index (χ3n) is 1.58. The number of carbonyl (C=O) groups is 1. The first-order chi connectivity index (χ1) is 6.77. The highest BCUT2D eigenvalue weighted by Crippen LogP contribution is 2.01. The highest BCUT2D eigenvalue weighted by Gasteiger charge is 2.06. The maximum atomic E-state index is 10.6. The Hall–Kier alpha value is -2.24. The molecule has 0 amide bonds. The van der Waals surface area contributed by atoms with E-state index in [9.17, 15) is 4.79 Å². The number of nitrogens with zero attached hydrogens (tertiary/aromatic N) is 4. The summed E-state index contributed by atoms with van der Waals surface area (Å²) in [6.45, 7) is 0. The van der Waals surface area contributed by atoms with Crippen molar-refractivity contribution < 1.29 is 9.90 Å². The second kappa shape index (κ2) is 3.25. The quantitative estimate of drug-likeness (QED) is 0.739. The van der Waals surface area contributed by atoms with Gasteiger partial charge in [0, 0.05) is 12.4 Å². The molecule has 6 heteroatoms. The molecule has 0 atom stereocenters. The predicted molar refractivity (Wildman–Crippen MR) is 46.1 cm³/mol. The van der Waals surface area contributed by atoms with Gasteiger partial charge in [-0.25, -0.2) is 14.5 Å². The third-order valence-corrected chi connectivity index (χ3v) is 1.58. The molecule has 0 unspecified atom stereocenters. The first kappa shape index (κ1) is 8.36. The highest BCUT2D eigenvalue weighted by atomic mass is 16.4. The second-order valence-corrected chi connectivity index (χ2v) is 2.52. The molecule has 0 aliphatic rings. The molecule has 0 saturated carbocycles. The number of carboxylic acid groups (broad SMARTS) is 1. The van der Waals surface area contributed by atoms with Crippen LogP contribution in [0.2, 0.25) is 0 Å². The van der Waals surface area contributed by atoms with Crippen molar-refractivity contribution in [2.24, 2.45) is 0 Å². The van der Waals surface area contributed by atoms with Crippen LogP contribution in [0.3, 0.4) is 0 Å². The van der Waals surface area contributed by atoms with Crippen molar-refractivity contribution in [3.63, 3.8) is 0 Å². The van der Waals surface area contributed by atoms with Crippen LogP contribution in [0, 0.1) is 0 Å². The van der Waals surface area contributed by atoms with Gasteiger partial charge in [-0.05, 0) is 6.07 Å². The zero-order chi connectivity index (χ0) is 9.97. The van der Waals surface area contributed by atoms with Crippen molar-refractivity contribution in [1.82, 2.24) is 19.7 Å². The van der Waals surface area contributed by atoms with Gasteiger partial charge in [0.05, 0.1) is 12.4 Å². The van der Waals surface area contributed by atoms with Gasteiger partial charge in [0.25, 0.3) is 0 Å². The Morgan fingerprint density at radius 3 is 2.93 bits per heavy atom. The van der Waals surface area contributed by atoms with Gasteiger partial charge in [0.2, 0.25) is 0 Å². The molecule has 2 heterocycles. The van der Waals surface area contributed by atoms with Gasteiger partial charge in [-0.15, -0.1) is 0 Å². The molecule has 14 heavy (non-hydrogen) atoms. The van der Waals surface area contributed by atoms with E-state index in [1.165, 1.54) is 17.1 Å². The van der Waals surface area contributed by atoms with E-state index >= 15 is 0 Å². The average molecular weight is 190 g/mol. The molecule has 0 bridgehead atoms. The van der Waals surface area contributed by atoms with Crippen LogP contribution in [0.4, 0.5) is 0 Å². The number of hydrogen-bond donors (Lipinski definition) is 1. The lowest BCUT2D eigenvalue weighted by Gasteiger charge is -1.99. The SMILES string of the molecule is O=C(O)c1cncc(-n2cccn2)n1. The number of rotatable bonds is 2. The van der Waals surface area contributed by atoms with E-state index in [1.807, 2.05) is 0 Å². The molecule has 2 aromatic rings. The van der Waals surface area contributed by atoms with Crippen molar-refractivity contribution in [3.05, 3.63) is 36.5 Å². The molecule has 0 aromatic carbocycles. The molecule has 0 aliphatic carbocycles. The van der Waals surface area contributed by atoms with E-state index in [0.717, 1.165) is 0 Å². The fourth-order valence-corrected chi connectivity index (χ4v) is 0.973. The van der Waals surface area contributed by atoms with Crippen LogP contribution in [0.25, 0.3) is 5.82 Å². The van der Waals surface area contributed by atoms with Crippen LogP contribution < -0.4 is 0 Å². The molecule has 2 aromatic heterocycles. The maximum absolute atomic E-state index is 10.6. The van der Waals surface area contributed by atoms with E-state index in [4.69, 9.17) is 5.11 Å². The van der Waals surface area contributed by atoms with Crippen LogP contribution >= 0.6 is 0 Å². The van der Waals surface area contributed by atoms with Crippen LogP contribution in [-0.4, -0.2) is 30.8 Å². The van der Waals surface area contributed by atoms with E-state index in [0.29, 0.717) is 5.82 Å². The molecule has 0 saturated heterocycles. The summed E-state index contributed by atoms with van der Waals surface area (Å²) in [6.07, 6.45) is 5.87. The monoisotopic (exact) mass is 190 g/mol. The lowest BCUT2D eigenvalue weighted by Crippen LogP contribution is -2.06. The average Bonchev–Trinajstić information content (AvgIpc) is 2.71. The van der Waals surface area contributed by atoms with Crippen molar-refractivity contribution in [1.29, 1.82) is 0 Å². The first-order valence-electron chi connectivity index (χ1n) is 3.83. The van der Waals surface area contributed by atoms with Gasteiger partial charge in [0.1, 0.15) is 0 Å². The van der Waals surface area contributed by atoms with Crippen molar-refractivity contribution in [2.45, 2.75) is 0 Å². The minimum absolute atomic E-state index is 0.0991. The van der Waals surface area contributed by atoms with E-state index in [2.05, 4.69) is 15.1 Å². The van der Waals surface area contributed by atoms with Gasteiger partial charge in [-0.2, -0.15) is 5.10 Å². The van der Waals surface area contributed by atoms with Crippen LogP contribution in [0.5, 0.6) is 0 Å². The number of carboxylic acids is 1. The van der Waals surface area contributed by atoms with Crippen molar-refractivity contribution >= 4 is 5.97 Å². The largest absolute Gasteiger partial charge is 0.476 e. The van der Waals surface area contributed by atoms with Crippen molar-refractivity contribution in [2.75, 3.05) is 0 Å². The number of aromatic carboxylic acids is 1. The molecular formula is C8H6N4O2. The van der Waals surface area contributed by atoms with Gasteiger partial charge >= 0.3 is 5.97 Å². The van der Waals surface area contributed by atoms with Crippen LogP contribution in [0.15, 0.2) is 30.9 Å². The topological polar surface area (TPSA) is 80.9 Å². The first-order valence-corrected chi connectivity index (χ1v) is 3.83. The molecule has 0 spiro atoms. The number of hydrogen-bond acceptors (Lipinski definition) is 4. The normalized spacial score (nSPS) is 10.0. The third kappa shape index (κ3) is 1.45. The fourth-order valence-electron chi connectivity index (χ4n) is 0.973. The Balaban J connectivity index is 2.46. The second-order valence-electron chi connectivity index (χ2n) is 2.52.